The second kappa shape index (κ2) is 8.63. The molecule has 0 saturated heterocycles. The fourth-order valence-electron chi connectivity index (χ4n) is 3.37. The van der Waals surface area contributed by atoms with Crippen LogP contribution in [0.25, 0.3) is 5.57 Å². The van der Waals surface area contributed by atoms with Gasteiger partial charge in [0.15, 0.2) is 6.04 Å². The first-order valence-electron chi connectivity index (χ1n) is 9.14. The minimum absolute atomic E-state index is 0.00986. The van der Waals surface area contributed by atoms with Gasteiger partial charge in [-0.15, -0.1) is 0 Å². The molecule has 0 fully saturated rings. The van der Waals surface area contributed by atoms with E-state index in [-0.39, 0.29) is 11.9 Å². The number of benzene rings is 2. The number of hydrogen-bond donors (Lipinski definition) is 2. The zero-order chi connectivity index (χ0) is 17.5. The highest BCUT2D eigenvalue weighted by Crippen LogP contribution is 2.17. The van der Waals surface area contributed by atoms with E-state index in [1.165, 1.54) is 21.6 Å². The molecule has 2 aromatic rings. The second-order valence-corrected chi connectivity index (χ2v) is 6.71. The summed E-state index contributed by atoms with van der Waals surface area (Å²) < 4.78 is 0. The van der Waals surface area contributed by atoms with Crippen molar-refractivity contribution in [2.45, 2.75) is 25.8 Å². The van der Waals surface area contributed by atoms with Crippen LogP contribution in [-0.4, -0.2) is 31.6 Å². The van der Waals surface area contributed by atoms with E-state index in [0.29, 0.717) is 6.54 Å². The van der Waals surface area contributed by atoms with Crippen LogP contribution in [0.15, 0.2) is 66.7 Å². The van der Waals surface area contributed by atoms with Gasteiger partial charge in [0, 0.05) is 13.0 Å². The maximum Gasteiger partial charge on any atom is 0.278 e. The number of nitrogens with one attached hydrogen (secondary N) is 2. The van der Waals surface area contributed by atoms with E-state index in [0.717, 1.165) is 25.9 Å². The van der Waals surface area contributed by atoms with Crippen LogP contribution in [0.2, 0.25) is 0 Å². The fourth-order valence-corrected chi connectivity index (χ4v) is 3.37. The van der Waals surface area contributed by atoms with E-state index >= 15 is 0 Å². The van der Waals surface area contributed by atoms with Crippen molar-refractivity contribution in [3.63, 3.8) is 0 Å². The van der Waals surface area contributed by atoms with Crippen LogP contribution in [0.5, 0.6) is 0 Å². The Labute approximate surface area is 150 Å². The molecule has 0 aromatic heterocycles. The Bertz CT molecular complexity index is 709. The number of quaternary nitrogens is 1. The first kappa shape index (κ1) is 17.4. The molecule has 0 bridgehead atoms. The first-order chi connectivity index (χ1) is 12.2. The maximum absolute atomic E-state index is 12.4. The highest BCUT2D eigenvalue weighted by Gasteiger charge is 2.26. The molecule has 1 heterocycles. The van der Waals surface area contributed by atoms with Gasteiger partial charge in [-0.3, -0.25) is 4.79 Å². The molecule has 2 aromatic carbocycles. The van der Waals surface area contributed by atoms with E-state index in [4.69, 9.17) is 0 Å². The number of carbonyl (C=O) groups excluding carboxylic acids is 1. The molecule has 25 heavy (non-hydrogen) atoms. The zero-order valence-corrected chi connectivity index (χ0v) is 14.9. The molecule has 0 spiro atoms. The van der Waals surface area contributed by atoms with Crippen molar-refractivity contribution in [2.24, 2.45) is 0 Å². The summed E-state index contributed by atoms with van der Waals surface area (Å²) in [4.78, 5) is 13.8. The highest BCUT2D eigenvalue weighted by molar-refractivity contribution is 5.80. The van der Waals surface area contributed by atoms with Crippen molar-refractivity contribution >= 4 is 11.5 Å². The van der Waals surface area contributed by atoms with Crippen LogP contribution < -0.4 is 10.2 Å². The molecule has 3 heteroatoms. The predicted octanol–water partition coefficient (Wildman–Crippen LogP) is 2.11. The van der Waals surface area contributed by atoms with Gasteiger partial charge < -0.3 is 10.2 Å². The SMILES string of the molecule is C[C@H](C(=O)NCCc1ccccc1)[NH+]1CC=C(c2ccccc2)CC1. The summed E-state index contributed by atoms with van der Waals surface area (Å²) in [6.07, 6.45) is 4.20. The van der Waals surface area contributed by atoms with Crippen molar-refractivity contribution in [1.82, 2.24) is 5.32 Å². The fraction of sp³-hybridized carbons (Fsp3) is 0.318. The number of carbonyl (C=O) groups is 1. The molecule has 1 amide bonds. The molecule has 2 atom stereocenters. The predicted molar refractivity (Wildman–Crippen MR) is 102 cm³/mol. The average molecular weight is 335 g/mol. The molecule has 0 radical (unpaired) electrons. The molecular weight excluding hydrogens is 308 g/mol. The van der Waals surface area contributed by atoms with Gasteiger partial charge >= 0.3 is 0 Å². The third-order valence-electron chi connectivity index (χ3n) is 5.03. The Balaban J connectivity index is 1.47. The largest absolute Gasteiger partial charge is 0.351 e. The van der Waals surface area contributed by atoms with Gasteiger partial charge in [-0.1, -0.05) is 60.7 Å². The van der Waals surface area contributed by atoms with Gasteiger partial charge in [-0.25, -0.2) is 0 Å². The van der Waals surface area contributed by atoms with Crippen molar-refractivity contribution < 1.29 is 9.69 Å². The van der Waals surface area contributed by atoms with Gasteiger partial charge in [-0.2, -0.15) is 0 Å². The van der Waals surface area contributed by atoms with Gasteiger partial charge in [-0.05, 0) is 36.1 Å². The quantitative estimate of drug-likeness (QED) is 0.833. The monoisotopic (exact) mass is 335 g/mol. The Morgan fingerprint density at radius 2 is 1.76 bits per heavy atom. The van der Waals surface area contributed by atoms with Crippen molar-refractivity contribution in [1.29, 1.82) is 0 Å². The molecule has 130 valence electrons. The van der Waals surface area contributed by atoms with Gasteiger partial charge in [0.25, 0.3) is 5.91 Å². The molecule has 1 aliphatic heterocycles. The molecule has 2 N–H and O–H groups in total. The smallest absolute Gasteiger partial charge is 0.278 e. The first-order valence-corrected chi connectivity index (χ1v) is 9.14. The Hall–Kier alpha value is -2.39. The summed E-state index contributed by atoms with van der Waals surface area (Å²) in [7, 11) is 0. The average Bonchev–Trinajstić information content (AvgIpc) is 2.69. The highest BCUT2D eigenvalue weighted by atomic mass is 16.2. The van der Waals surface area contributed by atoms with Crippen LogP contribution in [0.3, 0.4) is 0 Å². The lowest BCUT2D eigenvalue weighted by Crippen LogP contribution is -3.17. The summed E-state index contributed by atoms with van der Waals surface area (Å²) in [5.41, 5.74) is 3.97. The van der Waals surface area contributed by atoms with E-state index in [2.05, 4.69) is 47.8 Å². The minimum Gasteiger partial charge on any atom is -0.351 e. The Morgan fingerprint density at radius 1 is 1.08 bits per heavy atom. The number of rotatable bonds is 6. The maximum atomic E-state index is 12.4. The topological polar surface area (TPSA) is 33.5 Å². The van der Waals surface area contributed by atoms with Crippen LogP contribution >= 0.6 is 0 Å². The lowest BCUT2D eigenvalue weighted by molar-refractivity contribution is -0.909. The molecule has 3 nitrogen and oxygen atoms in total. The summed E-state index contributed by atoms with van der Waals surface area (Å²) in [6, 6.07) is 20.8. The van der Waals surface area contributed by atoms with E-state index < -0.39 is 0 Å². The van der Waals surface area contributed by atoms with Gasteiger partial charge in [0.2, 0.25) is 0 Å². The number of hydrogen-bond acceptors (Lipinski definition) is 1. The van der Waals surface area contributed by atoms with Crippen LogP contribution in [0.4, 0.5) is 0 Å². The normalized spacial score (nSPS) is 18.3. The summed E-state index contributed by atoms with van der Waals surface area (Å²) in [5, 5.41) is 3.09. The van der Waals surface area contributed by atoms with E-state index in [1.54, 1.807) is 0 Å². The molecule has 3 rings (SSSR count). The van der Waals surface area contributed by atoms with Crippen molar-refractivity contribution in [3.05, 3.63) is 77.9 Å². The van der Waals surface area contributed by atoms with Gasteiger partial charge in [0.05, 0.1) is 13.1 Å². The summed E-state index contributed by atoms with van der Waals surface area (Å²) in [5.74, 6) is 0.155. The minimum atomic E-state index is -0.00986. The molecule has 1 aliphatic rings. The second-order valence-electron chi connectivity index (χ2n) is 6.71. The van der Waals surface area contributed by atoms with Crippen LogP contribution in [0.1, 0.15) is 24.5 Å². The van der Waals surface area contributed by atoms with E-state index in [9.17, 15) is 4.79 Å². The third-order valence-corrected chi connectivity index (χ3v) is 5.03. The Morgan fingerprint density at radius 3 is 2.40 bits per heavy atom. The van der Waals surface area contributed by atoms with Gasteiger partial charge in [0.1, 0.15) is 0 Å². The number of amides is 1. The zero-order valence-electron chi connectivity index (χ0n) is 14.9. The molecule has 0 saturated carbocycles. The van der Waals surface area contributed by atoms with Crippen LogP contribution in [-0.2, 0) is 11.2 Å². The Kier molecular flexibility index (Phi) is 6.02. The molecule has 0 aliphatic carbocycles. The van der Waals surface area contributed by atoms with E-state index in [1.807, 2.05) is 31.2 Å². The standard InChI is InChI=1S/C22H26N2O/c1-18(22(25)23-15-12-19-8-4-2-5-9-19)24-16-13-21(14-17-24)20-10-6-3-7-11-20/h2-11,13,18H,12,14-17H2,1H3,(H,23,25)/p+1/t18-/m1/s1. The third kappa shape index (κ3) is 4.80. The van der Waals surface area contributed by atoms with Crippen molar-refractivity contribution in [2.75, 3.05) is 19.6 Å². The van der Waals surface area contributed by atoms with Crippen LogP contribution in [0, 0.1) is 0 Å². The lowest BCUT2D eigenvalue weighted by atomic mass is 9.99. The molecular formula is C22H27N2O+. The summed E-state index contributed by atoms with van der Waals surface area (Å²) >= 11 is 0. The van der Waals surface area contributed by atoms with Crippen molar-refractivity contribution in [3.8, 4) is 0 Å². The lowest BCUT2D eigenvalue weighted by Gasteiger charge is -2.28. The summed E-state index contributed by atoms with van der Waals surface area (Å²) in [6.45, 7) is 4.66. The molecule has 1 unspecified atom stereocenters.